The van der Waals surface area contributed by atoms with Crippen LogP contribution in [0.1, 0.15) is 57.8 Å². The van der Waals surface area contributed by atoms with Gasteiger partial charge in [-0.1, -0.05) is 64.4 Å². The van der Waals surface area contributed by atoms with Gasteiger partial charge in [0.25, 0.3) is 0 Å². The number of nitrogens with zero attached hydrogens (tertiary/aromatic N) is 1. The number of hydrogen-bond donors (Lipinski definition) is 1. The predicted molar refractivity (Wildman–Crippen MR) is 85.8 cm³/mol. The fourth-order valence-corrected chi connectivity index (χ4v) is 1.63. The van der Waals surface area contributed by atoms with Gasteiger partial charge in [0.1, 0.15) is 0 Å². The van der Waals surface area contributed by atoms with Gasteiger partial charge in [-0.15, -0.1) is 5.69 Å². The molecule has 2 nitrogen and oxygen atoms in total. The fraction of sp³-hybridized carbons (Fsp3) is 0.562. The Morgan fingerprint density at radius 1 is 1.25 bits per heavy atom. The normalized spacial score (nSPS) is 11.7. The van der Waals surface area contributed by atoms with Crippen LogP contribution in [-0.2, 0) is 0 Å². The molecule has 1 aromatic carbocycles. The number of carbonyl (C=O) groups is 1. The Labute approximate surface area is 158 Å². The van der Waals surface area contributed by atoms with E-state index in [2.05, 4.69) is 26.5 Å². The molecule has 0 aliphatic rings. The topological polar surface area (TPSA) is 31.2 Å². The Bertz CT molecular complexity index is 452. The molecule has 0 saturated carbocycles. The molecule has 0 bridgehead atoms. The number of ketones is 1. The van der Waals surface area contributed by atoms with Gasteiger partial charge in [0.15, 0.2) is 5.78 Å². The molecular weight excluding hydrogens is 419 g/mol. The quantitative estimate of drug-likeness (QED) is 0.368. The second-order valence-electron chi connectivity index (χ2n) is 5.95. The summed E-state index contributed by atoms with van der Waals surface area (Å²) in [4.78, 5) is 11.9. The summed E-state index contributed by atoms with van der Waals surface area (Å²) in [5.41, 5.74) is 1.28. The fourth-order valence-electron chi connectivity index (χ4n) is 1.58. The third kappa shape index (κ3) is 5.59. The largest absolute Gasteiger partial charge is 0.678 e. The molecule has 0 atom stereocenters. The second-order valence-corrected chi connectivity index (χ2v) is 7.07. The van der Waals surface area contributed by atoms with Crippen molar-refractivity contribution in [2.75, 3.05) is 0 Å². The predicted octanol–water partition coefficient (Wildman–Crippen LogP) is 5.16. The molecule has 4 heteroatoms. The van der Waals surface area contributed by atoms with E-state index in [9.17, 15) is 4.79 Å². The maximum Gasteiger partial charge on any atom is 0.162 e. The SMILES string of the molecule is CCCC(=O)c1cccc([N-]C(C)(C)C(C)(C)S)c1.[Ho]. The molecule has 1 radical (unpaired) electrons. The molecule has 0 aliphatic carbocycles. The van der Waals surface area contributed by atoms with E-state index < -0.39 is 0 Å². The molecule has 20 heavy (non-hydrogen) atoms. The molecule has 1 rings (SSSR count). The Kier molecular flexibility index (Phi) is 8.19. The molecule has 0 N–H and O–H groups in total. The van der Waals surface area contributed by atoms with E-state index in [1.807, 2.05) is 45.0 Å². The van der Waals surface area contributed by atoms with E-state index in [4.69, 9.17) is 5.32 Å². The van der Waals surface area contributed by atoms with Crippen LogP contribution in [0.5, 0.6) is 0 Å². The van der Waals surface area contributed by atoms with Crippen LogP contribution in [0.2, 0.25) is 0 Å². The van der Waals surface area contributed by atoms with E-state index in [1.54, 1.807) is 0 Å². The monoisotopic (exact) mass is 443 g/mol. The van der Waals surface area contributed by atoms with Gasteiger partial charge in [-0.25, -0.2) is 0 Å². The van der Waals surface area contributed by atoms with E-state index in [1.165, 1.54) is 0 Å². The maximum atomic E-state index is 11.9. The summed E-state index contributed by atoms with van der Waals surface area (Å²) in [7, 11) is 0. The first kappa shape index (κ1) is 20.3. The summed E-state index contributed by atoms with van der Waals surface area (Å²) >= 11 is 4.60. The first-order valence-electron chi connectivity index (χ1n) is 6.76. The summed E-state index contributed by atoms with van der Waals surface area (Å²) in [6.07, 6.45) is 1.46. The third-order valence-corrected chi connectivity index (χ3v) is 4.10. The molecule has 0 heterocycles. The standard InChI is InChI=1S/C16H24NOS.Ho/c1-6-8-14(18)12-9-7-10-13(11-12)17-15(2,3)16(4,5)19;/h7,9-11,19H,6,8H2,1-5H3;/q-1;. The van der Waals surface area contributed by atoms with Crippen molar-refractivity contribution >= 4 is 24.1 Å². The minimum Gasteiger partial charge on any atom is -0.678 e. The van der Waals surface area contributed by atoms with Crippen molar-refractivity contribution in [2.24, 2.45) is 0 Å². The van der Waals surface area contributed by atoms with Crippen molar-refractivity contribution in [3.05, 3.63) is 35.1 Å². The van der Waals surface area contributed by atoms with Gasteiger partial charge in [0.2, 0.25) is 0 Å². The van der Waals surface area contributed by atoms with E-state index >= 15 is 0 Å². The number of carbonyl (C=O) groups excluding carboxylic acids is 1. The number of Topliss-reactive ketones (excluding diaryl/α,β-unsaturated/α-hetero) is 1. The molecule has 117 valence electrons. The third-order valence-electron chi connectivity index (χ3n) is 3.55. The average Bonchev–Trinajstić information content (AvgIpc) is 2.27. The van der Waals surface area contributed by atoms with E-state index in [0.29, 0.717) is 6.42 Å². The van der Waals surface area contributed by atoms with Crippen molar-refractivity contribution in [2.45, 2.75) is 57.7 Å². The molecule has 0 spiro atoms. The average molecular weight is 443 g/mol. The van der Waals surface area contributed by atoms with Crippen molar-refractivity contribution in [3.63, 3.8) is 0 Å². The van der Waals surface area contributed by atoms with Crippen molar-refractivity contribution < 1.29 is 42.5 Å². The Hall–Kier alpha value is 0.300. The molecule has 0 amide bonds. The zero-order chi connectivity index (χ0) is 14.7. The Balaban J connectivity index is 0.00000361. The van der Waals surface area contributed by atoms with Crippen LogP contribution in [0.15, 0.2) is 24.3 Å². The van der Waals surface area contributed by atoms with Gasteiger partial charge in [-0.2, -0.15) is 12.6 Å². The van der Waals surface area contributed by atoms with Crippen LogP contribution in [0.3, 0.4) is 0 Å². The summed E-state index contributed by atoms with van der Waals surface area (Å²) in [6, 6.07) is 7.56. The Morgan fingerprint density at radius 3 is 2.35 bits per heavy atom. The minimum atomic E-state index is -0.303. The smallest absolute Gasteiger partial charge is 0.162 e. The zero-order valence-electron chi connectivity index (χ0n) is 12.8. The van der Waals surface area contributed by atoms with Gasteiger partial charge in [-0.05, 0) is 11.2 Å². The summed E-state index contributed by atoms with van der Waals surface area (Å²) in [5.74, 6) is 0.183. The summed E-state index contributed by atoms with van der Waals surface area (Å²) < 4.78 is -0.226. The van der Waals surface area contributed by atoms with Gasteiger partial charge in [0.05, 0.1) is 0 Å². The molecule has 0 aliphatic heterocycles. The molecule has 0 fully saturated rings. The summed E-state index contributed by atoms with van der Waals surface area (Å²) in [6.45, 7) is 10.2. The first-order chi connectivity index (χ1) is 8.67. The minimum absolute atomic E-state index is 0. The molecule has 0 saturated heterocycles. The molecule has 0 aromatic heterocycles. The van der Waals surface area contributed by atoms with Crippen LogP contribution in [0.4, 0.5) is 5.69 Å². The van der Waals surface area contributed by atoms with Gasteiger partial charge in [0, 0.05) is 49.7 Å². The first-order valence-corrected chi connectivity index (χ1v) is 7.20. The van der Waals surface area contributed by atoms with Crippen LogP contribution >= 0.6 is 12.6 Å². The van der Waals surface area contributed by atoms with E-state index in [0.717, 1.165) is 17.7 Å². The van der Waals surface area contributed by atoms with Crippen LogP contribution < -0.4 is 0 Å². The van der Waals surface area contributed by atoms with Gasteiger partial charge in [-0.3, -0.25) is 4.79 Å². The van der Waals surface area contributed by atoms with Gasteiger partial charge >= 0.3 is 0 Å². The number of rotatable bonds is 6. The molecular formula is C16H24HoNOS-. The molecule has 0 unspecified atom stereocenters. The van der Waals surface area contributed by atoms with Crippen molar-refractivity contribution in [3.8, 4) is 0 Å². The van der Waals surface area contributed by atoms with Crippen molar-refractivity contribution in [1.29, 1.82) is 0 Å². The number of hydrogen-bond acceptors (Lipinski definition) is 2. The van der Waals surface area contributed by atoms with Crippen LogP contribution in [0, 0.1) is 37.7 Å². The van der Waals surface area contributed by atoms with Gasteiger partial charge < -0.3 is 5.32 Å². The van der Waals surface area contributed by atoms with Crippen LogP contribution in [-0.4, -0.2) is 16.1 Å². The van der Waals surface area contributed by atoms with Crippen LogP contribution in [0.25, 0.3) is 5.32 Å². The van der Waals surface area contributed by atoms with E-state index in [-0.39, 0.29) is 53.8 Å². The second kappa shape index (κ2) is 8.07. The number of benzene rings is 1. The zero-order valence-corrected chi connectivity index (χ0v) is 15.7. The molecule has 1 aromatic rings. The summed E-state index contributed by atoms with van der Waals surface area (Å²) in [5, 5.41) is 4.74. The number of thiol groups is 1. The Morgan fingerprint density at radius 2 is 1.85 bits per heavy atom. The maximum absolute atomic E-state index is 11.9. The van der Waals surface area contributed by atoms with Crippen molar-refractivity contribution in [1.82, 2.24) is 0 Å².